The Morgan fingerprint density at radius 3 is 3.12 bits per heavy atom. The van der Waals surface area contributed by atoms with Crippen molar-refractivity contribution in [1.82, 2.24) is 19.8 Å². The van der Waals surface area contributed by atoms with Crippen molar-refractivity contribution < 1.29 is 14.3 Å². The molecule has 1 atom stereocenters. The lowest BCUT2D eigenvalue weighted by atomic mass is 10.1. The lowest BCUT2D eigenvalue weighted by Gasteiger charge is -2.33. The molecule has 0 bridgehead atoms. The molecule has 0 aliphatic carbocycles. The molecule has 3 heterocycles. The van der Waals surface area contributed by atoms with E-state index >= 15 is 0 Å². The molecule has 2 amide bonds. The van der Waals surface area contributed by atoms with Gasteiger partial charge in [-0.3, -0.25) is 9.59 Å². The molecule has 8 heteroatoms. The largest absolute Gasteiger partial charge is 0.372 e. The zero-order valence-electron chi connectivity index (χ0n) is 13.5. The van der Waals surface area contributed by atoms with Crippen LogP contribution in [-0.4, -0.2) is 46.0 Å². The first-order valence-corrected chi connectivity index (χ1v) is 8.73. The normalized spacial score (nSPS) is 16.7. The minimum absolute atomic E-state index is 0.0359. The van der Waals surface area contributed by atoms with Gasteiger partial charge >= 0.3 is 0 Å². The predicted molar refractivity (Wildman–Crippen MR) is 89.3 cm³/mol. The average molecular weight is 348 g/mol. The van der Waals surface area contributed by atoms with Crippen molar-refractivity contribution in [1.29, 1.82) is 0 Å². The van der Waals surface area contributed by atoms with Crippen LogP contribution >= 0.6 is 11.3 Å². The fraction of sp³-hybridized carbons (Fsp3) is 0.438. The molecule has 0 saturated heterocycles. The third-order valence-electron chi connectivity index (χ3n) is 3.93. The van der Waals surface area contributed by atoms with E-state index in [1.165, 1.54) is 0 Å². The third-order valence-corrected chi connectivity index (χ3v) is 4.81. The molecule has 1 N–H and O–H groups in total. The van der Waals surface area contributed by atoms with Gasteiger partial charge in [-0.05, 0) is 18.4 Å². The maximum atomic E-state index is 12.6. The Bertz CT molecular complexity index is 698. The number of rotatable bonds is 6. The molecular formula is C16H20N4O3S. The van der Waals surface area contributed by atoms with Crippen LogP contribution in [0, 0.1) is 0 Å². The summed E-state index contributed by atoms with van der Waals surface area (Å²) in [6, 6.07) is 3.46. The van der Waals surface area contributed by atoms with Crippen molar-refractivity contribution in [3.05, 3.63) is 40.6 Å². The highest BCUT2D eigenvalue weighted by Crippen LogP contribution is 2.21. The molecular weight excluding hydrogens is 328 g/mol. The number of fused-ring (bicyclic) bond motifs is 1. The second-order valence-corrected chi connectivity index (χ2v) is 6.55. The number of ether oxygens (including phenoxy) is 1. The van der Waals surface area contributed by atoms with Gasteiger partial charge in [0.2, 0.25) is 11.8 Å². The van der Waals surface area contributed by atoms with Crippen LogP contribution in [-0.2, 0) is 27.4 Å². The number of nitrogens with one attached hydrogen (secondary N) is 1. The Hall–Kier alpha value is -2.19. The van der Waals surface area contributed by atoms with Gasteiger partial charge in [0.05, 0.1) is 31.7 Å². The molecule has 2 aromatic heterocycles. The lowest BCUT2D eigenvalue weighted by Crippen LogP contribution is -2.47. The highest BCUT2D eigenvalue weighted by Gasteiger charge is 2.32. The van der Waals surface area contributed by atoms with Crippen LogP contribution in [0.25, 0.3) is 0 Å². The van der Waals surface area contributed by atoms with Crippen LogP contribution in [0.15, 0.2) is 30.0 Å². The quantitative estimate of drug-likeness (QED) is 0.850. The molecule has 128 valence electrons. The number of hydrogen-bond acceptors (Lipinski definition) is 5. The monoisotopic (exact) mass is 348 g/mol. The van der Waals surface area contributed by atoms with Gasteiger partial charge in [-0.1, -0.05) is 6.07 Å². The Balaban J connectivity index is 1.69. The summed E-state index contributed by atoms with van der Waals surface area (Å²) in [5.74, 6) is -0.225. The number of nitrogens with zero attached hydrogens (tertiary/aromatic N) is 3. The number of thiophene rings is 1. The SMILES string of the molecule is CCOCC(=O)N1Cc2cncn2[C@H](C(=O)NCc2cccs2)C1. The first kappa shape index (κ1) is 16.7. The van der Waals surface area contributed by atoms with Crippen molar-refractivity contribution in [3.63, 3.8) is 0 Å². The van der Waals surface area contributed by atoms with Gasteiger partial charge in [0, 0.05) is 17.7 Å². The number of hydrogen-bond donors (Lipinski definition) is 1. The Morgan fingerprint density at radius 2 is 2.38 bits per heavy atom. The van der Waals surface area contributed by atoms with Crippen molar-refractivity contribution >= 4 is 23.2 Å². The van der Waals surface area contributed by atoms with Gasteiger partial charge in [-0.15, -0.1) is 11.3 Å². The molecule has 0 unspecified atom stereocenters. The molecule has 1 aliphatic rings. The van der Waals surface area contributed by atoms with E-state index in [0.29, 0.717) is 26.2 Å². The van der Waals surface area contributed by atoms with Gasteiger partial charge in [0.15, 0.2) is 0 Å². The first-order valence-electron chi connectivity index (χ1n) is 7.85. The Kier molecular flexibility index (Phi) is 5.27. The number of carbonyl (C=O) groups is 2. The number of aromatic nitrogens is 2. The van der Waals surface area contributed by atoms with Crippen molar-refractivity contribution in [3.8, 4) is 0 Å². The van der Waals surface area contributed by atoms with E-state index in [-0.39, 0.29) is 18.4 Å². The number of amides is 2. The second kappa shape index (κ2) is 7.59. The zero-order valence-corrected chi connectivity index (χ0v) is 14.3. The van der Waals surface area contributed by atoms with E-state index in [9.17, 15) is 9.59 Å². The molecule has 24 heavy (non-hydrogen) atoms. The zero-order chi connectivity index (χ0) is 16.9. The van der Waals surface area contributed by atoms with Crippen molar-refractivity contribution in [2.45, 2.75) is 26.1 Å². The molecule has 2 aromatic rings. The molecule has 0 spiro atoms. The Morgan fingerprint density at radius 1 is 1.50 bits per heavy atom. The topological polar surface area (TPSA) is 76.5 Å². The number of carbonyl (C=O) groups excluding carboxylic acids is 2. The third kappa shape index (κ3) is 3.65. The summed E-state index contributed by atoms with van der Waals surface area (Å²) in [6.07, 6.45) is 3.34. The highest BCUT2D eigenvalue weighted by molar-refractivity contribution is 7.09. The average Bonchev–Trinajstić information content (AvgIpc) is 3.27. The van der Waals surface area contributed by atoms with Crippen LogP contribution in [0.1, 0.15) is 23.5 Å². The maximum Gasteiger partial charge on any atom is 0.249 e. The predicted octanol–water partition coefficient (Wildman–Crippen LogP) is 1.18. The standard InChI is InChI=1S/C16H20N4O3S/c1-2-23-10-15(21)19-8-12-6-17-11-20(12)14(9-19)16(22)18-7-13-4-3-5-24-13/h3-6,11,14H,2,7-10H2,1H3,(H,18,22)/t14-/m0/s1. The van der Waals surface area contributed by atoms with Crippen molar-refractivity contribution in [2.24, 2.45) is 0 Å². The fourth-order valence-electron chi connectivity index (χ4n) is 2.68. The van der Waals surface area contributed by atoms with Crippen LogP contribution in [0.5, 0.6) is 0 Å². The summed E-state index contributed by atoms with van der Waals surface area (Å²) >= 11 is 1.60. The molecule has 3 rings (SSSR count). The highest BCUT2D eigenvalue weighted by atomic mass is 32.1. The molecule has 0 fully saturated rings. The van der Waals surface area contributed by atoms with E-state index in [4.69, 9.17) is 4.74 Å². The molecule has 1 aliphatic heterocycles. The number of imidazole rings is 1. The minimum atomic E-state index is -0.471. The minimum Gasteiger partial charge on any atom is -0.372 e. The summed E-state index contributed by atoms with van der Waals surface area (Å²) in [5.41, 5.74) is 0.849. The van der Waals surface area contributed by atoms with Crippen LogP contribution in [0.4, 0.5) is 0 Å². The summed E-state index contributed by atoms with van der Waals surface area (Å²) < 4.78 is 7.04. The van der Waals surface area contributed by atoms with E-state index in [1.807, 2.05) is 29.0 Å². The molecule has 0 saturated carbocycles. The van der Waals surface area contributed by atoms with E-state index in [0.717, 1.165) is 10.6 Å². The lowest BCUT2D eigenvalue weighted by molar-refractivity contribution is -0.139. The van der Waals surface area contributed by atoms with Gasteiger partial charge in [0.25, 0.3) is 0 Å². The maximum absolute atomic E-state index is 12.6. The van der Waals surface area contributed by atoms with Crippen LogP contribution in [0.3, 0.4) is 0 Å². The van der Waals surface area contributed by atoms with E-state index < -0.39 is 6.04 Å². The van der Waals surface area contributed by atoms with Crippen LogP contribution < -0.4 is 5.32 Å². The molecule has 7 nitrogen and oxygen atoms in total. The summed E-state index contributed by atoms with van der Waals surface area (Å²) in [4.78, 5) is 31.7. The smallest absolute Gasteiger partial charge is 0.249 e. The fourth-order valence-corrected chi connectivity index (χ4v) is 3.32. The van der Waals surface area contributed by atoms with Crippen LogP contribution in [0.2, 0.25) is 0 Å². The van der Waals surface area contributed by atoms with E-state index in [2.05, 4.69) is 10.3 Å². The summed E-state index contributed by atoms with van der Waals surface area (Å²) in [7, 11) is 0. The van der Waals surface area contributed by atoms with Gasteiger partial charge < -0.3 is 19.5 Å². The van der Waals surface area contributed by atoms with Crippen molar-refractivity contribution in [2.75, 3.05) is 19.8 Å². The van der Waals surface area contributed by atoms with Gasteiger partial charge in [-0.25, -0.2) is 4.98 Å². The summed E-state index contributed by atoms with van der Waals surface area (Å²) in [6.45, 7) is 3.63. The summed E-state index contributed by atoms with van der Waals surface area (Å²) in [5, 5.41) is 4.92. The van der Waals surface area contributed by atoms with E-state index in [1.54, 1.807) is 28.8 Å². The van der Waals surface area contributed by atoms with Gasteiger partial charge in [-0.2, -0.15) is 0 Å². The Labute approximate surface area is 144 Å². The van der Waals surface area contributed by atoms with Gasteiger partial charge in [0.1, 0.15) is 12.6 Å². The second-order valence-electron chi connectivity index (χ2n) is 5.52. The first-order chi connectivity index (χ1) is 11.7. The molecule has 0 radical (unpaired) electrons. The molecule has 0 aromatic carbocycles.